The van der Waals surface area contributed by atoms with Crippen molar-refractivity contribution in [2.75, 3.05) is 18.8 Å². The second-order valence-electron chi connectivity index (χ2n) is 5.74. The van der Waals surface area contributed by atoms with Gasteiger partial charge in [-0.3, -0.25) is 0 Å². The maximum Gasteiger partial charge on any atom is 0.410 e. The molecule has 1 atom stereocenters. The van der Waals surface area contributed by atoms with Crippen molar-refractivity contribution in [1.29, 1.82) is 0 Å². The van der Waals surface area contributed by atoms with E-state index in [1.165, 1.54) is 6.33 Å². The van der Waals surface area contributed by atoms with E-state index in [9.17, 15) is 4.79 Å². The molecule has 2 N–H and O–H groups in total. The Morgan fingerprint density at radius 3 is 2.85 bits per heavy atom. The Bertz CT molecular complexity index is 487. The van der Waals surface area contributed by atoms with E-state index in [-0.39, 0.29) is 12.2 Å². The van der Waals surface area contributed by atoms with Gasteiger partial charge in [0, 0.05) is 19.0 Å². The normalized spacial score (nSPS) is 18.9. The van der Waals surface area contributed by atoms with E-state index >= 15 is 0 Å². The van der Waals surface area contributed by atoms with Crippen LogP contribution in [-0.2, 0) is 4.74 Å². The molecule has 0 aromatic carbocycles. The second kappa shape index (κ2) is 5.52. The highest BCUT2D eigenvalue weighted by Gasteiger charge is 2.31. The third-order valence-corrected chi connectivity index (χ3v) is 2.75. The molecule has 20 heavy (non-hydrogen) atoms. The van der Waals surface area contributed by atoms with Crippen molar-refractivity contribution in [3.63, 3.8) is 0 Å². The Balaban J connectivity index is 1.88. The number of hydrogen-bond acceptors (Lipinski definition) is 6. The molecule has 1 aliphatic heterocycles. The molecule has 0 radical (unpaired) electrons. The zero-order chi connectivity index (χ0) is 14.8. The van der Waals surface area contributed by atoms with Crippen molar-refractivity contribution in [3.05, 3.63) is 12.4 Å². The molecule has 7 nitrogen and oxygen atoms in total. The van der Waals surface area contributed by atoms with Gasteiger partial charge < -0.3 is 20.1 Å². The molecule has 2 rings (SSSR count). The highest BCUT2D eigenvalue weighted by atomic mass is 16.6. The van der Waals surface area contributed by atoms with E-state index in [1.54, 1.807) is 11.0 Å². The summed E-state index contributed by atoms with van der Waals surface area (Å²) in [5, 5.41) is 0. The fourth-order valence-electron chi connectivity index (χ4n) is 1.91. The Labute approximate surface area is 118 Å². The Morgan fingerprint density at radius 1 is 1.45 bits per heavy atom. The summed E-state index contributed by atoms with van der Waals surface area (Å²) in [7, 11) is 0. The molecule has 1 aromatic heterocycles. The van der Waals surface area contributed by atoms with Crippen molar-refractivity contribution in [2.45, 2.75) is 38.9 Å². The lowest BCUT2D eigenvalue weighted by molar-refractivity contribution is 0.0275. The SMILES string of the molecule is CC(C)(C)OC(=O)N1CC[C@H](Oc2cc(N)ncn2)C1. The minimum Gasteiger partial charge on any atom is -0.472 e. The van der Waals surface area contributed by atoms with E-state index in [2.05, 4.69) is 9.97 Å². The summed E-state index contributed by atoms with van der Waals surface area (Å²) in [5.41, 5.74) is 5.07. The number of nitrogens with zero attached hydrogens (tertiary/aromatic N) is 3. The standard InChI is InChI=1S/C13H20N4O3/c1-13(2,3)20-12(18)17-5-4-9(7-17)19-11-6-10(14)15-8-16-11/h6,8-9H,4-5,7H2,1-3H3,(H2,14,15,16)/t9-/m0/s1. The number of ether oxygens (including phenoxy) is 2. The lowest BCUT2D eigenvalue weighted by Gasteiger charge is -2.24. The Morgan fingerprint density at radius 2 is 2.20 bits per heavy atom. The molecule has 0 spiro atoms. The van der Waals surface area contributed by atoms with Gasteiger partial charge >= 0.3 is 6.09 Å². The maximum atomic E-state index is 11.9. The first-order valence-corrected chi connectivity index (χ1v) is 6.55. The van der Waals surface area contributed by atoms with E-state index in [4.69, 9.17) is 15.2 Å². The monoisotopic (exact) mass is 280 g/mol. The van der Waals surface area contributed by atoms with Gasteiger partial charge in [-0.1, -0.05) is 0 Å². The topological polar surface area (TPSA) is 90.6 Å². The van der Waals surface area contributed by atoms with Gasteiger partial charge in [0.15, 0.2) is 0 Å². The first-order valence-electron chi connectivity index (χ1n) is 6.55. The fraction of sp³-hybridized carbons (Fsp3) is 0.615. The molecule has 1 amide bonds. The zero-order valence-electron chi connectivity index (χ0n) is 12.0. The Hall–Kier alpha value is -2.05. The van der Waals surface area contributed by atoms with Gasteiger partial charge in [0.2, 0.25) is 5.88 Å². The molecule has 0 bridgehead atoms. The van der Waals surface area contributed by atoms with Gasteiger partial charge in [-0.2, -0.15) is 0 Å². The molecule has 110 valence electrons. The summed E-state index contributed by atoms with van der Waals surface area (Å²) in [4.78, 5) is 21.3. The Kier molecular flexibility index (Phi) is 3.96. The van der Waals surface area contributed by atoms with Gasteiger partial charge in [-0.25, -0.2) is 14.8 Å². The van der Waals surface area contributed by atoms with Crippen LogP contribution < -0.4 is 10.5 Å². The van der Waals surface area contributed by atoms with Gasteiger partial charge in [0.05, 0.1) is 6.54 Å². The predicted molar refractivity (Wildman–Crippen MR) is 73.3 cm³/mol. The van der Waals surface area contributed by atoms with Crippen molar-refractivity contribution in [1.82, 2.24) is 14.9 Å². The van der Waals surface area contributed by atoms with Crippen molar-refractivity contribution < 1.29 is 14.3 Å². The summed E-state index contributed by atoms with van der Waals surface area (Å²) in [6.45, 7) is 6.63. The number of nitrogens with two attached hydrogens (primary N) is 1. The van der Waals surface area contributed by atoms with E-state index in [1.807, 2.05) is 20.8 Å². The molecule has 7 heteroatoms. The van der Waals surface area contributed by atoms with Gasteiger partial charge in [-0.15, -0.1) is 0 Å². The van der Waals surface area contributed by atoms with Crippen LogP contribution in [0.25, 0.3) is 0 Å². The number of anilines is 1. The summed E-state index contributed by atoms with van der Waals surface area (Å²) in [6, 6.07) is 1.57. The minimum atomic E-state index is -0.489. The van der Waals surface area contributed by atoms with Crippen LogP contribution in [0.3, 0.4) is 0 Å². The fourth-order valence-corrected chi connectivity index (χ4v) is 1.91. The molecule has 0 saturated carbocycles. The van der Waals surface area contributed by atoms with E-state index < -0.39 is 5.60 Å². The van der Waals surface area contributed by atoms with E-state index in [0.717, 1.165) is 6.42 Å². The average Bonchev–Trinajstić information content (AvgIpc) is 2.75. The summed E-state index contributed by atoms with van der Waals surface area (Å²) in [5.74, 6) is 0.783. The third-order valence-electron chi connectivity index (χ3n) is 2.75. The molecule has 0 unspecified atom stereocenters. The average molecular weight is 280 g/mol. The van der Waals surface area contributed by atoms with Crippen molar-refractivity contribution in [3.8, 4) is 5.88 Å². The van der Waals surface area contributed by atoms with Crippen molar-refractivity contribution in [2.24, 2.45) is 0 Å². The van der Waals surface area contributed by atoms with Crippen LogP contribution in [0, 0.1) is 0 Å². The third kappa shape index (κ3) is 3.97. The summed E-state index contributed by atoms with van der Waals surface area (Å²) >= 11 is 0. The molecule has 0 aliphatic carbocycles. The van der Waals surface area contributed by atoms with Gasteiger partial charge in [-0.05, 0) is 20.8 Å². The van der Waals surface area contributed by atoms with Crippen LogP contribution >= 0.6 is 0 Å². The first kappa shape index (κ1) is 14.4. The van der Waals surface area contributed by atoms with Crippen LogP contribution in [0.5, 0.6) is 5.88 Å². The van der Waals surface area contributed by atoms with Crippen molar-refractivity contribution >= 4 is 11.9 Å². The number of carbonyl (C=O) groups is 1. The maximum absolute atomic E-state index is 11.9. The van der Waals surface area contributed by atoms with Crippen LogP contribution in [0.2, 0.25) is 0 Å². The highest BCUT2D eigenvalue weighted by Crippen LogP contribution is 2.19. The second-order valence-corrected chi connectivity index (χ2v) is 5.74. The van der Waals surface area contributed by atoms with E-state index in [0.29, 0.717) is 24.8 Å². The minimum absolute atomic E-state index is 0.100. The summed E-state index contributed by atoms with van der Waals surface area (Å²) in [6.07, 6.45) is 1.68. The number of amides is 1. The van der Waals surface area contributed by atoms with Gasteiger partial charge in [0.25, 0.3) is 0 Å². The molecule has 1 aromatic rings. The number of aromatic nitrogens is 2. The highest BCUT2D eigenvalue weighted by molar-refractivity contribution is 5.68. The number of rotatable bonds is 2. The van der Waals surface area contributed by atoms with Crippen LogP contribution in [0.1, 0.15) is 27.2 Å². The molecular weight excluding hydrogens is 260 g/mol. The molecule has 1 fully saturated rings. The first-order chi connectivity index (χ1) is 9.33. The predicted octanol–water partition coefficient (Wildman–Crippen LogP) is 1.45. The lowest BCUT2D eigenvalue weighted by atomic mass is 10.2. The largest absolute Gasteiger partial charge is 0.472 e. The number of carbonyl (C=O) groups excluding carboxylic acids is 1. The van der Waals surface area contributed by atoms with Crippen LogP contribution in [0.4, 0.5) is 10.6 Å². The molecule has 2 heterocycles. The number of hydrogen-bond donors (Lipinski definition) is 1. The lowest BCUT2D eigenvalue weighted by Crippen LogP contribution is -2.36. The zero-order valence-corrected chi connectivity index (χ0v) is 12.0. The molecule has 1 saturated heterocycles. The number of nitrogen functional groups attached to an aromatic ring is 1. The molecular formula is C13H20N4O3. The number of likely N-dealkylation sites (tertiary alicyclic amines) is 1. The summed E-state index contributed by atoms with van der Waals surface area (Å²) < 4.78 is 11.0. The quantitative estimate of drug-likeness (QED) is 0.881. The smallest absolute Gasteiger partial charge is 0.410 e. The van der Waals surface area contributed by atoms with Crippen LogP contribution in [-0.4, -0.2) is 45.8 Å². The van der Waals surface area contributed by atoms with Gasteiger partial charge in [0.1, 0.15) is 23.9 Å². The molecule has 1 aliphatic rings. The van der Waals surface area contributed by atoms with Crippen LogP contribution in [0.15, 0.2) is 12.4 Å².